The summed E-state index contributed by atoms with van der Waals surface area (Å²) in [6, 6.07) is 4.34. The molecule has 0 bridgehead atoms. The molecule has 3 N–H and O–H groups in total. The number of aromatic amines is 1. The normalized spacial score (nSPS) is 18.0. The van der Waals surface area contributed by atoms with Gasteiger partial charge < -0.3 is 15.0 Å². The van der Waals surface area contributed by atoms with Crippen LogP contribution in [0.3, 0.4) is 0 Å². The molecule has 1 atom stereocenters. The highest BCUT2D eigenvalue weighted by Gasteiger charge is 2.19. The lowest BCUT2D eigenvalue weighted by atomic mass is 10.1. The molecule has 3 heterocycles. The lowest BCUT2D eigenvalue weighted by Gasteiger charge is -2.27. The van der Waals surface area contributed by atoms with E-state index in [4.69, 9.17) is 0 Å². The van der Waals surface area contributed by atoms with Gasteiger partial charge in [0.05, 0.1) is 11.7 Å². The Labute approximate surface area is 144 Å². The van der Waals surface area contributed by atoms with Gasteiger partial charge >= 0.3 is 0 Å². The zero-order valence-corrected chi connectivity index (χ0v) is 14.9. The summed E-state index contributed by atoms with van der Waals surface area (Å²) in [4.78, 5) is 10.4. The fourth-order valence-electron chi connectivity index (χ4n) is 3.37. The summed E-state index contributed by atoms with van der Waals surface area (Å²) in [7, 11) is 0. The molecule has 3 rings (SSSR count). The maximum absolute atomic E-state index is 10.4. The minimum Gasteiger partial charge on any atom is -0.376 e. The van der Waals surface area contributed by atoms with Gasteiger partial charge in [-0.25, -0.2) is 4.98 Å². The number of nitrogens with zero attached hydrogens (tertiary/aromatic N) is 2. The molecule has 132 valence electrons. The van der Waals surface area contributed by atoms with Crippen molar-refractivity contribution in [3.05, 3.63) is 24.0 Å². The molecule has 2 aromatic heterocycles. The molecule has 0 amide bonds. The Morgan fingerprint density at radius 3 is 2.83 bits per heavy atom. The molecule has 5 nitrogen and oxygen atoms in total. The SMILES string of the molecule is CCCCC(C)(O)NCc1cc2cc(N3CCCCC3)ncc2[nH]1. The van der Waals surface area contributed by atoms with E-state index >= 15 is 0 Å². The van der Waals surface area contributed by atoms with E-state index in [9.17, 15) is 5.11 Å². The van der Waals surface area contributed by atoms with Crippen molar-refractivity contribution in [2.75, 3.05) is 18.0 Å². The zero-order chi connectivity index (χ0) is 17.0. The van der Waals surface area contributed by atoms with Crippen molar-refractivity contribution in [2.45, 2.75) is 64.6 Å². The van der Waals surface area contributed by atoms with Gasteiger partial charge in [0.1, 0.15) is 11.5 Å². The van der Waals surface area contributed by atoms with Gasteiger partial charge in [-0.3, -0.25) is 5.32 Å². The number of anilines is 1. The van der Waals surface area contributed by atoms with E-state index in [0.717, 1.165) is 49.4 Å². The van der Waals surface area contributed by atoms with Crippen LogP contribution in [-0.2, 0) is 6.54 Å². The maximum atomic E-state index is 10.4. The van der Waals surface area contributed by atoms with Crippen molar-refractivity contribution < 1.29 is 5.11 Å². The number of aliphatic hydroxyl groups is 1. The number of unbranched alkanes of at least 4 members (excludes halogenated alkanes) is 1. The van der Waals surface area contributed by atoms with Crippen molar-refractivity contribution in [3.8, 4) is 0 Å². The lowest BCUT2D eigenvalue weighted by molar-refractivity contribution is 0.0115. The van der Waals surface area contributed by atoms with Gasteiger partial charge in [-0.05, 0) is 51.2 Å². The van der Waals surface area contributed by atoms with Crippen molar-refractivity contribution in [1.29, 1.82) is 0 Å². The molecule has 1 aliphatic rings. The maximum Gasteiger partial charge on any atom is 0.129 e. The van der Waals surface area contributed by atoms with E-state index in [2.05, 4.69) is 39.2 Å². The number of fused-ring (bicyclic) bond motifs is 1. The van der Waals surface area contributed by atoms with Crippen molar-refractivity contribution in [1.82, 2.24) is 15.3 Å². The molecule has 0 radical (unpaired) electrons. The van der Waals surface area contributed by atoms with E-state index in [1.807, 2.05) is 13.1 Å². The fourth-order valence-corrected chi connectivity index (χ4v) is 3.37. The second kappa shape index (κ2) is 7.53. The van der Waals surface area contributed by atoms with Crippen molar-refractivity contribution in [3.63, 3.8) is 0 Å². The Morgan fingerprint density at radius 2 is 2.08 bits per heavy atom. The number of H-pyrrole nitrogens is 1. The Morgan fingerprint density at radius 1 is 1.29 bits per heavy atom. The van der Waals surface area contributed by atoms with E-state index in [1.165, 1.54) is 24.6 Å². The largest absolute Gasteiger partial charge is 0.376 e. The minimum absolute atomic E-state index is 0.629. The number of pyridine rings is 1. The van der Waals surface area contributed by atoms with E-state index in [0.29, 0.717) is 6.54 Å². The van der Waals surface area contributed by atoms with E-state index in [1.54, 1.807) is 0 Å². The third-order valence-electron chi connectivity index (χ3n) is 4.90. The van der Waals surface area contributed by atoms with Crippen LogP contribution in [0.4, 0.5) is 5.82 Å². The first-order valence-corrected chi connectivity index (χ1v) is 9.27. The van der Waals surface area contributed by atoms with Crippen LogP contribution in [0.1, 0.15) is 58.1 Å². The number of piperidine rings is 1. The minimum atomic E-state index is -0.815. The molecular formula is C19H30N4O. The topological polar surface area (TPSA) is 64.2 Å². The zero-order valence-electron chi connectivity index (χ0n) is 14.9. The smallest absolute Gasteiger partial charge is 0.129 e. The van der Waals surface area contributed by atoms with Gasteiger partial charge in [-0.15, -0.1) is 0 Å². The predicted molar refractivity (Wildman–Crippen MR) is 99.1 cm³/mol. The molecule has 2 aromatic rings. The van der Waals surface area contributed by atoms with Crippen LogP contribution in [0.15, 0.2) is 18.3 Å². The highest BCUT2D eigenvalue weighted by molar-refractivity contribution is 5.82. The number of hydrogen-bond donors (Lipinski definition) is 3. The van der Waals surface area contributed by atoms with Crippen LogP contribution in [0.2, 0.25) is 0 Å². The summed E-state index contributed by atoms with van der Waals surface area (Å²) < 4.78 is 0. The Bertz CT molecular complexity index is 658. The van der Waals surface area contributed by atoms with Gasteiger partial charge in [-0.2, -0.15) is 0 Å². The summed E-state index contributed by atoms with van der Waals surface area (Å²) in [5.74, 6) is 1.08. The second-order valence-corrected chi connectivity index (χ2v) is 7.20. The first-order chi connectivity index (χ1) is 11.6. The van der Waals surface area contributed by atoms with Crippen LogP contribution in [0.5, 0.6) is 0 Å². The Balaban J connectivity index is 1.67. The number of nitrogens with one attached hydrogen (secondary N) is 2. The van der Waals surface area contributed by atoms with Crippen LogP contribution < -0.4 is 10.2 Å². The molecule has 5 heteroatoms. The molecule has 1 aliphatic heterocycles. The Hall–Kier alpha value is -1.59. The first kappa shape index (κ1) is 17.2. The second-order valence-electron chi connectivity index (χ2n) is 7.20. The highest BCUT2D eigenvalue weighted by atomic mass is 16.3. The summed E-state index contributed by atoms with van der Waals surface area (Å²) in [6.07, 6.45) is 8.66. The van der Waals surface area contributed by atoms with Gasteiger partial charge in [0.2, 0.25) is 0 Å². The summed E-state index contributed by atoms with van der Waals surface area (Å²) >= 11 is 0. The van der Waals surface area contributed by atoms with Crippen LogP contribution in [-0.4, -0.2) is 33.9 Å². The van der Waals surface area contributed by atoms with Gasteiger partial charge in [-0.1, -0.05) is 13.3 Å². The van der Waals surface area contributed by atoms with Gasteiger partial charge in [0, 0.05) is 30.7 Å². The van der Waals surface area contributed by atoms with E-state index in [-0.39, 0.29) is 0 Å². The standard InChI is InChI=1S/C19H30N4O/c1-3-4-8-19(2,24)21-13-16-11-15-12-18(20-14-17(15)22-16)23-9-6-5-7-10-23/h11-12,14,21-22,24H,3-10,13H2,1-2H3. The Kier molecular flexibility index (Phi) is 5.41. The third-order valence-corrected chi connectivity index (χ3v) is 4.90. The van der Waals surface area contributed by atoms with Crippen LogP contribution in [0.25, 0.3) is 10.9 Å². The quantitative estimate of drug-likeness (QED) is 0.680. The molecule has 0 aromatic carbocycles. The number of hydrogen-bond acceptors (Lipinski definition) is 4. The van der Waals surface area contributed by atoms with Crippen LogP contribution in [0, 0.1) is 0 Å². The average molecular weight is 330 g/mol. The molecule has 0 aliphatic carbocycles. The number of aromatic nitrogens is 2. The molecule has 1 unspecified atom stereocenters. The average Bonchev–Trinajstić information content (AvgIpc) is 3.01. The molecule has 1 saturated heterocycles. The number of rotatable bonds is 7. The first-order valence-electron chi connectivity index (χ1n) is 9.27. The fraction of sp³-hybridized carbons (Fsp3) is 0.632. The molecule has 1 fully saturated rings. The molecular weight excluding hydrogens is 300 g/mol. The van der Waals surface area contributed by atoms with Gasteiger partial charge in [0.25, 0.3) is 0 Å². The summed E-state index contributed by atoms with van der Waals surface area (Å²) in [5, 5.41) is 14.8. The third kappa shape index (κ3) is 4.28. The summed E-state index contributed by atoms with van der Waals surface area (Å²) in [6.45, 7) is 6.84. The molecule has 0 spiro atoms. The molecule has 0 saturated carbocycles. The lowest BCUT2D eigenvalue weighted by Crippen LogP contribution is -2.41. The van der Waals surface area contributed by atoms with Crippen LogP contribution >= 0.6 is 0 Å². The van der Waals surface area contributed by atoms with E-state index < -0.39 is 5.72 Å². The predicted octanol–water partition coefficient (Wildman–Crippen LogP) is 3.54. The monoisotopic (exact) mass is 330 g/mol. The highest BCUT2D eigenvalue weighted by Crippen LogP contribution is 2.23. The molecule has 24 heavy (non-hydrogen) atoms. The van der Waals surface area contributed by atoms with Crippen molar-refractivity contribution in [2.24, 2.45) is 0 Å². The van der Waals surface area contributed by atoms with Crippen molar-refractivity contribution >= 4 is 16.7 Å². The summed E-state index contributed by atoms with van der Waals surface area (Å²) in [5.41, 5.74) is 1.32. The van der Waals surface area contributed by atoms with Gasteiger partial charge in [0.15, 0.2) is 0 Å².